The summed E-state index contributed by atoms with van der Waals surface area (Å²) in [5.74, 6) is -0.771. The number of halogens is 4. The molecule has 0 saturated heterocycles. The minimum atomic E-state index is -2.74. The van der Waals surface area contributed by atoms with Gasteiger partial charge in [-0.3, -0.25) is 4.98 Å². The van der Waals surface area contributed by atoms with Gasteiger partial charge in [-0.15, -0.1) is 0 Å². The first-order chi connectivity index (χ1) is 20.3. The molecule has 0 aliphatic heterocycles. The highest BCUT2D eigenvalue weighted by Gasteiger charge is 2.18. The predicted molar refractivity (Wildman–Crippen MR) is 151 cm³/mol. The number of nitrogens with one attached hydrogen (secondary N) is 2. The number of hydrogen-bond donors (Lipinski definition) is 3. The van der Waals surface area contributed by atoms with Gasteiger partial charge in [-0.2, -0.15) is 0 Å². The van der Waals surface area contributed by atoms with Crippen molar-refractivity contribution < 1.29 is 32.1 Å². The summed E-state index contributed by atoms with van der Waals surface area (Å²) >= 11 is 0. The minimum absolute atomic E-state index is 0.0189. The SMILES string of the molecule is CC/C=C(\c1ncc(OC)c(Nc2ccnc(C(F)F)c2)n1)c1ccccc1NCc1c(F)cc(OCCO)cc1F. The number of nitrogens with zero attached hydrogens (tertiary/aromatic N) is 3. The van der Waals surface area contributed by atoms with Gasteiger partial charge in [0.2, 0.25) is 0 Å². The Morgan fingerprint density at radius 1 is 1.07 bits per heavy atom. The van der Waals surface area contributed by atoms with Crippen molar-refractivity contribution in [2.75, 3.05) is 31.0 Å². The lowest BCUT2D eigenvalue weighted by molar-refractivity contribution is 0.146. The molecule has 0 fully saturated rings. The molecule has 0 aliphatic rings. The second-order valence-electron chi connectivity index (χ2n) is 8.87. The highest BCUT2D eigenvalue weighted by Crippen LogP contribution is 2.33. The molecule has 2 aromatic carbocycles. The third-order valence-electron chi connectivity index (χ3n) is 6.04. The number of benzene rings is 2. The number of aliphatic hydroxyl groups is 1. The quantitative estimate of drug-likeness (QED) is 0.150. The Hall–Kier alpha value is -4.71. The predicted octanol–water partition coefficient (Wildman–Crippen LogP) is 6.66. The Labute approximate surface area is 240 Å². The highest BCUT2D eigenvalue weighted by molar-refractivity contribution is 5.84. The maximum absolute atomic E-state index is 14.7. The summed E-state index contributed by atoms with van der Waals surface area (Å²) in [6, 6.07) is 12.0. The number of allylic oxidation sites excluding steroid dienone is 1. The van der Waals surface area contributed by atoms with Crippen molar-refractivity contribution in [3.63, 3.8) is 0 Å². The van der Waals surface area contributed by atoms with Crippen LogP contribution in [0.5, 0.6) is 11.5 Å². The first-order valence-electron chi connectivity index (χ1n) is 13.0. The number of anilines is 3. The lowest BCUT2D eigenvalue weighted by atomic mass is 10.0. The number of methoxy groups -OCH3 is 1. The van der Waals surface area contributed by atoms with Gasteiger partial charge >= 0.3 is 0 Å². The zero-order valence-corrected chi connectivity index (χ0v) is 22.9. The van der Waals surface area contributed by atoms with E-state index >= 15 is 0 Å². The summed E-state index contributed by atoms with van der Waals surface area (Å²) in [5, 5.41) is 15.0. The van der Waals surface area contributed by atoms with Gasteiger partial charge in [0.05, 0.1) is 19.9 Å². The maximum Gasteiger partial charge on any atom is 0.280 e. The molecule has 0 aliphatic carbocycles. The number of aliphatic hydroxyl groups excluding tert-OH is 1. The van der Waals surface area contributed by atoms with E-state index < -0.39 is 18.1 Å². The first kappa shape index (κ1) is 30.3. The molecule has 0 spiro atoms. The molecular weight excluding hydrogens is 554 g/mol. The Morgan fingerprint density at radius 2 is 1.83 bits per heavy atom. The number of alkyl halides is 2. The molecule has 2 heterocycles. The fourth-order valence-corrected chi connectivity index (χ4v) is 4.10. The van der Waals surface area contributed by atoms with Crippen molar-refractivity contribution in [1.82, 2.24) is 15.0 Å². The molecule has 4 aromatic rings. The van der Waals surface area contributed by atoms with Crippen molar-refractivity contribution in [3.8, 4) is 11.5 Å². The van der Waals surface area contributed by atoms with E-state index in [-0.39, 0.29) is 48.3 Å². The van der Waals surface area contributed by atoms with Gasteiger partial charge in [-0.05, 0) is 24.6 Å². The van der Waals surface area contributed by atoms with Gasteiger partial charge < -0.3 is 25.2 Å². The summed E-state index contributed by atoms with van der Waals surface area (Å²) in [6.45, 7) is 1.40. The van der Waals surface area contributed by atoms with Crippen molar-refractivity contribution >= 4 is 22.8 Å². The summed E-state index contributed by atoms with van der Waals surface area (Å²) in [4.78, 5) is 12.8. The van der Waals surface area contributed by atoms with E-state index in [1.807, 2.05) is 25.1 Å². The summed E-state index contributed by atoms with van der Waals surface area (Å²) in [7, 11) is 1.44. The monoisotopic (exact) mass is 583 g/mol. The summed E-state index contributed by atoms with van der Waals surface area (Å²) in [5.41, 5.74) is 1.63. The molecule has 12 heteroatoms. The molecule has 42 heavy (non-hydrogen) atoms. The second-order valence-corrected chi connectivity index (χ2v) is 8.87. The third-order valence-corrected chi connectivity index (χ3v) is 6.04. The highest BCUT2D eigenvalue weighted by atomic mass is 19.3. The Morgan fingerprint density at radius 3 is 2.52 bits per heavy atom. The van der Waals surface area contributed by atoms with Crippen LogP contribution in [0.1, 0.15) is 42.4 Å². The largest absolute Gasteiger partial charge is 0.491 e. The summed E-state index contributed by atoms with van der Waals surface area (Å²) in [6.07, 6.45) is 2.51. The van der Waals surface area contributed by atoms with Gasteiger partial charge in [-0.1, -0.05) is 31.2 Å². The van der Waals surface area contributed by atoms with Crippen LogP contribution in [0.25, 0.3) is 5.57 Å². The van der Waals surface area contributed by atoms with Crippen LogP contribution in [0.3, 0.4) is 0 Å². The van der Waals surface area contributed by atoms with Gasteiger partial charge in [0, 0.05) is 52.9 Å². The third kappa shape index (κ3) is 7.32. The smallest absolute Gasteiger partial charge is 0.280 e. The molecule has 220 valence electrons. The molecule has 0 amide bonds. The van der Waals surface area contributed by atoms with E-state index in [9.17, 15) is 17.6 Å². The van der Waals surface area contributed by atoms with Crippen LogP contribution in [-0.2, 0) is 6.54 Å². The van der Waals surface area contributed by atoms with Crippen LogP contribution in [0, 0.1) is 11.6 Å². The molecule has 0 radical (unpaired) electrons. The van der Waals surface area contributed by atoms with Crippen molar-refractivity contribution in [1.29, 1.82) is 0 Å². The van der Waals surface area contributed by atoms with Crippen LogP contribution >= 0.6 is 0 Å². The number of para-hydroxylation sites is 1. The zero-order valence-electron chi connectivity index (χ0n) is 22.9. The molecule has 0 bridgehead atoms. The molecule has 0 atom stereocenters. The topological polar surface area (TPSA) is 101 Å². The van der Waals surface area contributed by atoms with Crippen molar-refractivity contribution in [2.24, 2.45) is 0 Å². The van der Waals surface area contributed by atoms with Gasteiger partial charge in [0.1, 0.15) is 29.7 Å². The Bertz CT molecular complexity index is 1530. The zero-order chi connectivity index (χ0) is 30.1. The van der Waals surface area contributed by atoms with Gasteiger partial charge in [0.15, 0.2) is 17.4 Å². The van der Waals surface area contributed by atoms with E-state index in [0.29, 0.717) is 34.8 Å². The molecular formula is C30H29F4N5O3. The molecule has 8 nitrogen and oxygen atoms in total. The average molecular weight is 584 g/mol. The average Bonchev–Trinajstić information content (AvgIpc) is 2.99. The minimum Gasteiger partial charge on any atom is -0.491 e. The molecule has 4 rings (SSSR count). The molecule has 0 saturated carbocycles. The second kappa shape index (κ2) is 14.3. The van der Waals surface area contributed by atoms with E-state index in [2.05, 4.69) is 25.6 Å². The fourth-order valence-electron chi connectivity index (χ4n) is 4.10. The maximum atomic E-state index is 14.7. The van der Waals surface area contributed by atoms with Crippen molar-refractivity contribution in [3.05, 3.63) is 101 Å². The number of pyridine rings is 1. The summed E-state index contributed by atoms with van der Waals surface area (Å²) < 4.78 is 66.3. The Kier molecular flexibility index (Phi) is 10.3. The molecule has 0 unspecified atom stereocenters. The van der Waals surface area contributed by atoms with Gasteiger partial charge in [0.25, 0.3) is 6.43 Å². The van der Waals surface area contributed by atoms with E-state index in [1.54, 1.807) is 12.1 Å². The van der Waals surface area contributed by atoms with Crippen LogP contribution in [0.4, 0.5) is 34.8 Å². The van der Waals surface area contributed by atoms with E-state index in [0.717, 1.165) is 12.1 Å². The number of rotatable bonds is 13. The van der Waals surface area contributed by atoms with Crippen molar-refractivity contribution in [2.45, 2.75) is 26.3 Å². The lowest BCUT2D eigenvalue weighted by Crippen LogP contribution is -2.09. The number of aromatic nitrogens is 3. The van der Waals surface area contributed by atoms with Gasteiger partial charge in [-0.25, -0.2) is 27.5 Å². The lowest BCUT2D eigenvalue weighted by Gasteiger charge is -2.17. The standard InChI is InChI=1S/C30H29F4N5O3/c1-3-6-21(29-37-17-27(41-2)30(39-29)38-18-9-10-35-26(13-18)28(33)34)20-7-4-5-8-25(20)36-16-22-23(31)14-19(15-24(22)32)42-12-11-40/h4-10,13-15,17,28,36,40H,3,11-12,16H2,1-2H3,(H,35,37,38,39)/b21-6-. The van der Waals surface area contributed by atoms with Crippen LogP contribution in [-0.4, -0.2) is 40.4 Å². The molecule has 2 aromatic heterocycles. The normalized spacial score (nSPS) is 11.5. The number of hydrogen-bond acceptors (Lipinski definition) is 8. The fraction of sp³-hybridized carbons (Fsp3) is 0.233. The van der Waals surface area contributed by atoms with Crippen LogP contribution in [0.15, 0.2) is 67.0 Å². The van der Waals surface area contributed by atoms with Crippen LogP contribution < -0.4 is 20.1 Å². The first-order valence-corrected chi connectivity index (χ1v) is 13.0. The Balaban J connectivity index is 1.65. The number of ether oxygens (including phenoxy) is 2. The van der Waals surface area contributed by atoms with E-state index in [4.69, 9.17) is 14.6 Å². The molecule has 3 N–H and O–H groups in total. The van der Waals surface area contributed by atoms with Crippen LogP contribution in [0.2, 0.25) is 0 Å². The van der Waals surface area contributed by atoms with E-state index in [1.165, 1.54) is 31.6 Å².